The Morgan fingerprint density at radius 2 is 2.00 bits per heavy atom. The number of aromatic nitrogens is 2. The van der Waals surface area contributed by atoms with Gasteiger partial charge in [-0.05, 0) is 36.7 Å². The molecule has 0 spiro atoms. The van der Waals surface area contributed by atoms with Gasteiger partial charge in [0.15, 0.2) is 0 Å². The Morgan fingerprint density at radius 3 is 2.67 bits per heavy atom. The highest BCUT2D eigenvalue weighted by Gasteiger charge is 2.08. The first-order valence-corrected chi connectivity index (χ1v) is 5.94. The van der Waals surface area contributed by atoms with Gasteiger partial charge >= 0.3 is 0 Å². The van der Waals surface area contributed by atoms with Crippen LogP contribution in [0.15, 0.2) is 28.8 Å². The maximum Gasteiger partial charge on any atom is 0.240 e. The van der Waals surface area contributed by atoms with Crippen molar-refractivity contribution in [3.05, 3.63) is 36.0 Å². The number of hydrogen-bond acceptors (Lipinski definition) is 4. The van der Waals surface area contributed by atoms with Gasteiger partial charge in [0.25, 0.3) is 0 Å². The van der Waals surface area contributed by atoms with E-state index in [-0.39, 0.29) is 5.82 Å². The summed E-state index contributed by atoms with van der Waals surface area (Å²) in [5.74, 6) is 1.32. The van der Waals surface area contributed by atoms with E-state index in [0.29, 0.717) is 24.2 Å². The van der Waals surface area contributed by atoms with Gasteiger partial charge in [-0.15, -0.1) is 0 Å². The normalized spacial score (nSPS) is 11.1. The largest absolute Gasteiger partial charge is 0.338 e. The highest BCUT2D eigenvalue weighted by atomic mass is 19.1. The molecule has 2 aromatic rings. The van der Waals surface area contributed by atoms with Gasteiger partial charge in [-0.2, -0.15) is 4.98 Å². The third kappa shape index (κ3) is 3.37. The fraction of sp³-hybridized carbons (Fsp3) is 0.385. The molecule has 0 unspecified atom stereocenters. The molecule has 1 aromatic carbocycles. The van der Waals surface area contributed by atoms with Crippen LogP contribution in [-0.2, 0) is 6.54 Å². The fourth-order valence-corrected chi connectivity index (χ4v) is 1.51. The molecule has 4 nitrogen and oxygen atoms in total. The number of nitrogens with one attached hydrogen (secondary N) is 1. The Hall–Kier alpha value is -1.75. The van der Waals surface area contributed by atoms with Crippen LogP contribution >= 0.6 is 0 Å². The molecular formula is C13H16FN3O. The van der Waals surface area contributed by atoms with E-state index in [4.69, 9.17) is 4.52 Å². The van der Waals surface area contributed by atoms with Crippen molar-refractivity contribution in [1.29, 1.82) is 0 Å². The average Bonchev–Trinajstić information content (AvgIpc) is 2.78. The smallest absolute Gasteiger partial charge is 0.240 e. The van der Waals surface area contributed by atoms with E-state index < -0.39 is 0 Å². The lowest BCUT2D eigenvalue weighted by Crippen LogP contribution is -2.19. The van der Waals surface area contributed by atoms with E-state index in [1.165, 1.54) is 12.1 Å². The Labute approximate surface area is 105 Å². The summed E-state index contributed by atoms with van der Waals surface area (Å²) in [7, 11) is 0. The molecule has 0 saturated carbocycles. The first kappa shape index (κ1) is 12.7. The number of halogens is 1. The minimum atomic E-state index is -0.277. The van der Waals surface area contributed by atoms with Gasteiger partial charge in [0, 0.05) is 5.56 Å². The van der Waals surface area contributed by atoms with Crippen LogP contribution < -0.4 is 5.32 Å². The van der Waals surface area contributed by atoms with Crippen molar-refractivity contribution < 1.29 is 8.91 Å². The highest BCUT2D eigenvalue weighted by Crippen LogP contribution is 2.15. The molecule has 1 N–H and O–H groups in total. The third-order valence-corrected chi connectivity index (χ3v) is 2.40. The molecule has 0 fully saturated rings. The lowest BCUT2D eigenvalue weighted by molar-refractivity contribution is 0.364. The molecule has 1 heterocycles. The lowest BCUT2D eigenvalue weighted by atomic mass is 10.2. The van der Waals surface area contributed by atoms with Crippen molar-refractivity contribution in [3.63, 3.8) is 0 Å². The van der Waals surface area contributed by atoms with Gasteiger partial charge in [0.2, 0.25) is 11.7 Å². The summed E-state index contributed by atoms with van der Waals surface area (Å²) in [4.78, 5) is 4.24. The zero-order chi connectivity index (χ0) is 13.0. The second-order valence-electron chi connectivity index (χ2n) is 4.54. The average molecular weight is 249 g/mol. The molecule has 0 aliphatic heterocycles. The predicted octanol–water partition coefficient (Wildman–Crippen LogP) is 2.62. The first-order chi connectivity index (χ1) is 8.65. The van der Waals surface area contributed by atoms with Crippen molar-refractivity contribution >= 4 is 0 Å². The number of rotatable bonds is 5. The highest BCUT2D eigenvalue weighted by molar-refractivity contribution is 5.53. The maximum absolute atomic E-state index is 12.8. The van der Waals surface area contributed by atoms with Crippen LogP contribution in [0.5, 0.6) is 0 Å². The van der Waals surface area contributed by atoms with Crippen LogP contribution in [0.1, 0.15) is 19.7 Å². The van der Waals surface area contributed by atoms with E-state index in [0.717, 1.165) is 12.1 Å². The van der Waals surface area contributed by atoms with E-state index in [1.807, 2.05) is 0 Å². The third-order valence-electron chi connectivity index (χ3n) is 2.40. The van der Waals surface area contributed by atoms with Crippen LogP contribution in [0.25, 0.3) is 11.4 Å². The Morgan fingerprint density at radius 1 is 1.28 bits per heavy atom. The molecule has 0 atom stereocenters. The van der Waals surface area contributed by atoms with Gasteiger partial charge in [0.05, 0.1) is 6.54 Å². The molecule has 0 saturated heterocycles. The SMILES string of the molecule is CC(C)CNCc1nc(-c2ccc(F)cc2)no1. The van der Waals surface area contributed by atoms with Crippen molar-refractivity contribution in [1.82, 2.24) is 15.5 Å². The lowest BCUT2D eigenvalue weighted by Gasteiger charge is -2.03. The summed E-state index contributed by atoms with van der Waals surface area (Å²) in [6.45, 7) is 5.70. The molecule has 0 radical (unpaired) electrons. The molecule has 18 heavy (non-hydrogen) atoms. The van der Waals surface area contributed by atoms with Crippen molar-refractivity contribution in [2.24, 2.45) is 5.92 Å². The van der Waals surface area contributed by atoms with Crippen LogP contribution in [0.4, 0.5) is 4.39 Å². The minimum Gasteiger partial charge on any atom is -0.338 e. The molecular weight excluding hydrogens is 233 g/mol. The molecule has 0 amide bonds. The first-order valence-electron chi connectivity index (χ1n) is 5.94. The van der Waals surface area contributed by atoms with Gasteiger partial charge in [-0.3, -0.25) is 0 Å². The summed E-state index contributed by atoms with van der Waals surface area (Å²) in [6.07, 6.45) is 0. The van der Waals surface area contributed by atoms with Crippen LogP contribution in [0, 0.1) is 11.7 Å². The summed E-state index contributed by atoms with van der Waals surface area (Å²) in [5.41, 5.74) is 0.746. The van der Waals surface area contributed by atoms with Crippen molar-refractivity contribution in [2.75, 3.05) is 6.54 Å². The topological polar surface area (TPSA) is 51.0 Å². The van der Waals surface area contributed by atoms with Gasteiger partial charge in [0.1, 0.15) is 5.82 Å². The van der Waals surface area contributed by atoms with Crippen LogP contribution in [0.2, 0.25) is 0 Å². The molecule has 0 bridgehead atoms. The van der Waals surface area contributed by atoms with Crippen molar-refractivity contribution in [3.8, 4) is 11.4 Å². The van der Waals surface area contributed by atoms with E-state index in [2.05, 4.69) is 29.3 Å². The number of hydrogen-bond donors (Lipinski definition) is 1. The number of nitrogens with zero attached hydrogens (tertiary/aromatic N) is 2. The zero-order valence-electron chi connectivity index (χ0n) is 10.5. The molecule has 96 valence electrons. The molecule has 0 aliphatic rings. The maximum atomic E-state index is 12.8. The minimum absolute atomic E-state index is 0.277. The zero-order valence-corrected chi connectivity index (χ0v) is 10.5. The second kappa shape index (κ2) is 5.73. The standard InChI is InChI=1S/C13H16FN3O/c1-9(2)7-15-8-12-16-13(17-18-12)10-3-5-11(14)6-4-10/h3-6,9,15H,7-8H2,1-2H3. The van der Waals surface area contributed by atoms with E-state index >= 15 is 0 Å². The van der Waals surface area contributed by atoms with Crippen LogP contribution in [-0.4, -0.2) is 16.7 Å². The van der Waals surface area contributed by atoms with Gasteiger partial charge in [-0.25, -0.2) is 4.39 Å². The number of benzene rings is 1. The monoisotopic (exact) mass is 249 g/mol. The second-order valence-corrected chi connectivity index (χ2v) is 4.54. The van der Waals surface area contributed by atoms with E-state index in [9.17, 15) is 4.39 Å². The summed E-state index contributed by atoms with van der Waals surface area (Å²) in [5, 5.41) is 7.08. The molecule has 0 aliphatic carbocycles. The van der Waals surface area contributed by atoms with E-state index in [1.54, 1.807) is 12.1 Å². The summed E-state index contributed by atoms with van der Waals surface area (Å²) >= 11 is 0. The van der Waals surface area contributed by atoms with Crippen molar-refractivity contribution in [2.45, 2.75) is 20.4 Å². The predicted molar refractivity (Wildman–Crippen MR) is 66.2 cm³/mol. The molecule has 5 heteroatoms. The van der Waals surface area contributed by atoms with Crippen LogP contribution in [0.3, 0.4) is 0 Å². The summed E-state index contributed by atoms with van der Waals surface area (Å²) < 4.78 is 17.9. The van der Waals surface area contributed by atoms with Gasteiger partial charge < -0.3 is 9.84 Å². The Balaban J connectivity index is 1.99. The fourth-order valence-electron chi connectivity index (χ4n) is 1.51. The molecule has 1 aromatic heterocycles. The molecule has 2 rings (SSSR count). The Kier molecular flexibility index (Phi) is 4.04. The Bertz CT molecular complexity index is 493. The quantitative estimate of drug-likeness (QED) is 0.885. The summed E-state index contributed by atoms with van der Waals surface area (Å²) in [6, 6.07) is 6.02. The van der Waals surface area contributed by atoms with Gasteiger partial charge in [-0.1, -0.05) is 19.0 Å².